The molecule has 0 bridgehead atoms. The Morgan fingerprint density at radius 1 is 1.37 bits per heavy atom. The minimum atomic E-state index is -0.436. The van der Waals surface area contributed by atoms with E-state index in [9.17, 15) is 14.9 Å². The van der Waals surface area contributed by atoms with Gasteiger partial charge >= 0.3 is 0 Å². The largest absolute Gasteiger partial charge is 0.336 e. The molecule has 2 rings (SSSR count). The van der Waals surface area contributed by atoms with Gasteiger partial charge < -0.3 is 10.2 Å². The molecule has 1 aliphatic rings. The van der Waals surface area contributed by atoms with Crippen molar-refractivity contribution in [3.8, 4) is 0 Å². The maximum absolute atomic E-state index is 12.2. The van der Waals surface area contributed by atoms with E-state index in [0.717, 1.165) is 13.1 Å². The van der Waals surface area contributed by atoms with Gasteiger partial charge in [0.15, 0.2) is 0 Å². The Morgan fingerprint density at radius 3 is 2.53 bits per heavy atom. The second kappa shape index (κ2) is 6.49. The van der Waals surface area contributed by atoms with E-state index in [4.69, 9.17) is 0 Å². The molecule has 6 nitrogen and oxygen atoms in total. The third-order valence-electron chi connectivity index (χ3n) is 3.04. The molecule has 1 amide bonds. The van der Waals surface area contributed by atoms with Gasteiger partial charge in [0.2, 0.25) is 0 Å². The first-order valence-corrected chi connectivity index (χ1v) is 5.84. The molecule has 0 atom stereocenters. The molecule has 0 unspecified atom stereocenters. The molecule has 0 spiro atoms. The average molecular weight is 286 g/mol. The molecule has 1 aromatic rings. The van der Waals surface area contributed by atoms with Crippen LogP contribution in [0.1, 0.15) is 15.9 Å². The van der Waals surface area contributed by atoms with E-state index in [1.54, 1.807) is 17.9 Å². The van der Waals surface area contributed by atoms with E-state index in [2.05, 4.69) is 5.32 Å². The summed E-state index contributed by atoms with van der Waals surface area (Å²) in [5.41, 5.74) is 1.08. The number of rotatable bonds is 2. The van der Waals surface area contributed by atoms with Gasteiger partial charge in [-0.1, -0.05) is 0 Å². The summed E-state index contributed by atoms with van der Waals surface area (Å²) in [6.45, 7) is 4.58. The molecule has 0 radical (unpaired) electrons. The molecule has 1 heterocycles. The quantitative estimate of drug-likeness (QED) is 0.658. The van der Waals surface area contributed by atoms with Gasteiger partial charge in [0, 0.05) is 43.4 Å². The number of nitrogens with zero attached hydrogens (tertiary/aromatic N) is 2. The van der Waals surface area contributed by atoms with Crippen LogP contribution in [-0.2, 0) is 0 Å². The minimum Gasteiger partial charge on any atom is -0.336 e. The lowest BCUT2D eigenvalue weighted by atomic mass is 10.1. The van der Waals surface area contributed by atoms with E-state index in [1.807, 2.05) is 0 Å². The first kappa shape index (κ1) is 15.4. The average Bonchev–Trinajstić information content (AvgIpc) is 2.38. The van der Waals surface area contributed by atoms with Crippen molar-refractivity contribution in [2.45, 2.75) is 6.92 Å². The lowest BCUT2D eigenvalue weighted by Crippen LogP contribution is -2.46. The van der Waals surface area contributed by atoms with Gasteiger partial charge in [-0.15, -0.1) is 12.4 Å². The number of amides is 1. The van der Waals surface area contributed by atoms with E-state index in [1.165, 1.54) is 12.1 Å². The van der Waals surface area contributed by atoms with Gasteiger partial charge in [-0.3, -0.25) is 14.9 Å². The fourth-order valence-electron chi connectivity index (χ4n) is 2.04. The number of aryl methyl sites for hydroxylation is 1. The number of piperazine rings is 1. The Hall–Kier alpha value is -1.66. The molecule has 1 aliphatic heterocycles. The summed E-state index contributed by atoms with van der Waals surface area (Å²) in [6.07, 6.45) is 0. The van der Waals surface area contributed by atoms with Crippen molar-refractivity contribution in [3.63, 3.8) is 0 Å². The van der Waals surface area contributed by atoms with Crippen LogP contribution in [0.2, 0.25) is 0 Å². The van der Waals surface area contributed by atoms with Crippen LogP contribution in [0.15, 0.2) is 18.2 Å². The molecule has 0 aromatic heterocycles. The van der Waals surface area contributed by atoms with Gasteiger partial charge in [-0.2, -0.15) is 0 Å². The lowest BCUT2D eigenvalue weighted by Gasteiger charge is -2.27. The monoisotopic (exact) mass is 285 g/mol. The van der Waals surface area contributed by atoms with Gasteiger partial charge in [-0.05, 0) is 19.1 Å². The minimum absolute atomic E-state index is 0. The van der Waals surface area contributed by atoms with E-state index < -0.39 is 4.92 Å². The molecule has 104 valence electrons. The Labute approximate surface area is 117 Å². The number of hydrogen-bond acceptors (Lipinski definition) is 4. The van der Waals surface area contributed by atoms with Crippen LogP contribution in [-0.4, -0.2) is 41.9 Å². The predicted octanol–water partition coefficient (Wildman–Crippen LogP) is 1.37. The summed E-state index contributed by atoms with van der Waals surface area (Å²) in [4.78, 5) is 24.2. The molecule has 1 fully saturated rings. The first-order chi connectivity index (χ1) is 8.59. The number of halogens is 1. The van der Waals surface area contributed by atoms with Crippen LogP contribution in [0.3, 0.4) is 0 Å². The van der Waals surface area contributed by atoms with E-state index in [0.29, 0.717) is 24.2 Å². The molecule has 1 aromatic carbocycles. The van der Waals surface area contributed by atoms with Crippen molar-refractivity contribution in [2.24, 2.45) is 0 Å². The zero-order chi connectivity index (χ0) is 13.1. The predicted molar refractivity (Wildman–Crippen MR) is 73.9 cm³/mol. The Bertz CT molecular complexity index is 487. The van der Waals surface area contributed by atoms with Gasteiger partial charge in [-0.25, -0.2) is 0 Å². The second-order valence-corrected chi connectivity index (χ2v) is 4.30. The highest BCUT2D eigenvalue weighted by Crippen LogP contribution is 2.19. The standard InChI is InChI=1S/C12H15N3O3.ClH/c1-9-8-10(2-3-11(9)15(17)18)12(16)14-6-4-13-5-7-14;/h2-3,8,13H,4-7H2,1H3;1H. The van der Waals surface area contributed by atoms with Crippen molar-refractivity contribution >= 4 is 24.0 Å². The molecular weight excluding hydrogens is 270 g/mol. The fourth-order valence-corrected chi connectivity index (χ4v) is 2.04. The van der Waals surface area contributed by atoms with Crippen LogP contribution in [0.5, 0.6) is 0 Å². The molecule has 19 heavy (non-hydrogen) atoms. The summed E-state index contributed by atoms with van der Waals surface area (Å²) >= 11 is 0. The molecule has 0 saturated carbocycles. The fraction of sp³-hybridized carbons (Fsp3) is 0.417. The van der Waals surface area contributed by atoms with Crippen molar-refractivity contribution in [1.29, 1.82) is 0 Å². The Kier molecular flexibility index (Phi) is 5.26. The van der Waals surface area contributed by atoms with Crippen LogP contribution in [0, 0.1) is 17.0 Å². The zero-order valence-electron chi connectivity index (χ0n) is 10.6. The lowest BCUT2D eigenvalue weighted by molar-refractivity contribution is -0.385. The molecule has 1 N–H and O–H groups in total. The molecule has 1 saturated heterocycles. The second-order valence-electron chi connectivity index (χ2n) is 4.30. The Morgan fingerprint density at radius 2 is 2.00 bits per heavy atom. The number of nitro benzene ring substituents is 1. The third-order valence-corrected chi connectivity index (χ3v) is 3.04. The smallest absolute Gasteiger partial charge is 0.272 e. The highest BCUT2D eigenvalue weighted by molar-refractivity contribution is 5.94. The number of hydrogen-bond donors (Lipinski definition) is 1. The maximum atomic E-state index is 12.2. The number of benzene rings is 1. The van der Waals surface area contributed by atoms with Crippen LogP contribution < -0.4 is 5.32 Å². The van der Waals surface area contributed by atoms with Crippen molar-refractivity contribution < 1.29 is 9.72 Å². The van der Waals surface area contributed by atoms with Gasteiger partial charge in [0.05, 0.1) is 4.92 Å². The highest BCUT2D eigenvalue weighted by Gasteiger charge is 2.20. The first-order valence-electron chi connectivity index (χ1n) is 5.84. The number of nitro groups is 1. The van der Waals surface area contributed by atoms with E-state index in [-0.39, 0.29) is 24.0 Å². The van der Waals surface area contributed by atoms with Gasteiger partial charge in [0.25, 0.3) is 11.6 Å². The number of carbonyl (C=O) groups excluding carboxylic acids is 1. The zero-order valence-corrected chi connectivity index (χ0v) is 11.4. The summed E-state index contributed by atoms with van der Waals surface area (Å²) in [6, 6.07) is 4.50. The number of carbonyl (C=O) groups is 1. The van der Waals surface area contributed by atoms with Crippen LogP contribution in [0.4, 0.5) is 5.69 Å². The maximum Gasteiger partial charge on any atom is 0.272 e. The van der Waals surface area contributed by atoms with Crippen molar-refractivity contribution in [3.05, 3.63) is 39.4 Å². The van der Waals surface area contributed by atoms with Gasteiger partial charge in [0.1, 0.15) is 0 Å². The highest BCUT2D eigenvalue weighted by atomic mass is 35.5. The van der Waals surface area contributed by atoms with Crippen molar-refractivity contribution in [2.75, 3.05) is 26.2 Å². The van der Waals surface area contributed by atoms with Crippen molar-refractivity contribution in [1.82, 2.24) is 10.2 Å². The number of nitrogens with one attached hydrogen (secondary N) is 1. The van der Waals surface area contributed by atoms with E-state index >= 15 is 0 Å². The molecule has 0 aliphatic carbocycles. The van der Waals surface area contributed by atoms with Crippen LogP contribution in [0.25, 0.3) is 0 Å². The molecular formula is C12H16ClN3O3. The molecule has 7 heteroatoms. The third kappa shape index (κ3) is 3.42. The summed E-state index contributed by atoms with van der Waals surface area (Å²) in [7, 11) is 0. The summed E-state index contributed by atoms with van der Waals surface area (Å²) in [5, 5.41) is 13.9. The summed E-state index contributed by atoms with van der Waals surface area (Å²) < 4.78 is 0. The topological polar surface area (TPSA) is 75.5 Å². The SMILES string of the molecule is Cc1cc(C(=O)N2CCNCC2)ccc1[N+](=O)[O-].Cl. The normalized spacial score (nSPS) is 14.7. The summed E-state index contributed by atoms with van der Waals surface area (Å²) in [5.74, 6) is -0.0607. The Balaban J connectivity index is 0.00000180. The van der Waals surface area contributed by atoms with Crippen LogP contribution >= 0.6 is 12.4 Å².